The van der Waals surface area contributed by atoms with Crippen molar-refractivity contribution in [1.82, 2.24) is 15.5 Å². The summed E-state index contributed by atoms with van der Waals surface area (Å²) in [5.41, 5.74) is 2.22. The Hall–Kier alpha value is -1.03. The predicted octanol–water partition coefficient (Wildman–Crippen LogP) is 3.37. The Bertz CT molecular complexity index is 487. The molecule has 0 aliphatic heterocycles. The van der Waals surface area contributed by atoms with E-state index < -0.39 is 12.6 Å². The molecule has 0 bridgehead atoms. The van der Waals surface area contributed by atoms with Crippen molar-refractivity contribution in [3.05, 3.63) is 35.4 Å². The maximum absolute atomic E-state index is 12.2. The van der Waals surface area contributed by atoms with Crippen LogP contribution in [0, 0.1) is 0 Å². The first-order chi connectivity index (χ1) is 10.8. The van der Waals surface area contributed by atoms with Crippen LogP contribution in [-0.4, -0.2) is 44.2 Å². The quantitative estimate of drug-likeness (QED) is 0.374. The molecule has 0 aliphatic carbocycles. The summed E-state index contributed by atoms with van der Waals surface area (Å²) < 4.78 is 36.5. The molecule has 24 heavy (non-hydrogen) atoms. The van der Waals surface area contributed by atoms with E-state index >= 15 is 0 Å². The Morgan fingerprint density at radius 3 is 2.17 bits per heavy atom. The van der Waals surface area contributed by atoms with Crippen LogP contribution in [0.1, 0.15) is 24.5 Å². The Labute approximate surface area is 158 Å². The van der Waals surface area contributed by atoms with Gasteiger partial charge in [-0.2, -0.15) is 13.2 Å². The maximum atomic E-state index is 12.2. The van der Waals surface area contributed by atoms with E-state index in [0.717, 1.165) is 12.1 Å². The summed E-state index contributed by atoms with van der Waals surface area (Å²) >= 11 is 0. The molecule has 1 aromatic rings. The van der Waals surface area contributed by atoms with Gasteiger partial charge in [-0.3, -0.25) is 0 Å². The lowest BCUT2D eigenvalue weighted by molar-refractivity contribution is -0.132. The molecule has 4 nitrogen and oxygen atoms in total. The third-order valence-electron chi connectivity index (χ3n) is 2.99. The van der Waals surface area contributed by atoms with Gasteiger partial charge in [-0.25, -0.2) is 4.99 Å². The maximum Gasteiger partial charge on any atom is 0.390 e. The Morgan fingerprint density at radius 2 is 1.67 bits per heavy atom. The van der Waals surface area contributed by atoms with Crippen LogP contribution in [0.25, 0.3) is 0 Å². The normalized spacial score (nSPS) is 12.0. The van der Waals surface area contributed by atoms with E-state index in [4.69, 9.17) is 0 Å². The summed E-state index contributed by atoms with van der Waals surface area (Å²) in [4.78, 5) is 6.39. The first-order valence-electron chi connectivity index (χ1n) is 7.61. The summed E-state index contributed by atoms with van der Waals surface area (Å²) in [6.45, 7) is 3.57. The Balaban J connectivity index is 0.00000529. The predicted molar refractivity (Wildman–Crippen MR) is 103 cm³/mol. The molecule has 8 heteroatoms. The third kappa shape index (κ3) is 10.7. The standard InChI is InChI=1S/C16H25F3N4.HI/c1-4-20-15(21-10-9-16(17,18)19)22-11-13-5-7-14(8-6-13)12-23(2)3;/h5-8H,4,9-12H2,1-3H3,(H2,20,21,22);1H. The van der Waals surface area contributed by atoms with Crippen molar-refractivity contribution in [2.75, 3.05) is 27.2 Å². The van der Waals surface area contributed by atoms with Gasteiger partial charge in [0.15, 0.2) is 5.96 Å². The van der Waals surface area contributed by atoms with Crippen LogP contribution in [0.15, 0.2) is 29.3 Å². The van der Waals surface area contributed by atoms with E-state index in [1.165, 1.54) is 5.56 Å². The molecule has 0 radical (unpaired) electrons. The minimum absolute atomic E-state index is 0. The van der Waals surface area contributed by atoms with E-state index in [2.05, 4.69) is 20.5 Å². The molecule has 1 rings (SSSR count). The van der Waals surface area contributed by atoms with Crippen LogP contribution < -0.4 is 10.6 Å². The Morgan fingerprint density at radius 1 is 1.08 bits per heavy atom. The fourth-order valence-electron chi connectivity index (χ4n) is 1.95. The van der Waals surface area contributed by atoms with Crippen molar-refractivity contribution in [3.8, 4) is 0 Å². The highest BCUT2D eigenvalue weighted by molar-refractivity contribution is 14.0. The molecular weight excluding hydrogens is 432 g/mol. The molecule has 0 unspecified atom stereocenters. The van der Waals surface area contributed by atoms with Crippen molar-refractivity contribution >= 4 is 29.9 Å². The lowest BCUT2D eigenvalue weighted by Crippen LogP contribution is -2.38. The summed E-state index contributed by atoms with van der Waals surface area (Å²) in [5, 5.41) is 5.64. The number of alkyl halides is 3. The number of aliphatic imine (C=N–C) groups is 1. The SMILES string of the molecule is CCNC(=NCc1ccc(CN(C)C)cc1)NCCC(F)(F)F.I. The molecule has 1 aromatic carbocycles. The summed E-state index contributed by atoms with van der Waals surface area (Å²) in [7, 11) is 4.01. The first-order valence-corrected chi connectivity index (χ1v) is 7.61. The van der Waals surface area contributed by atoms with Gasteiger partial charge in [0.2, 0.25) is 0 Å². The highest BCUT2D eigenvalue weighted by atomic mass is 127. The van der Waals surface area contributed by atoms with Gasteiger partial charge in [0.1, 0.15) is 0 Å². The van der Waals surface area contributed by atoms with Gasteiger partial charge in [0.05, 0.1) is 13.0 Å². The highest BCUT2D eigenvalue weighted by Gasteiger charge is 2.26. The average molecular weight is 458 g/mol. The van der Waals surface area contributed by atoms with E-state index in [-0.39, 0.29) is 30.5 Å². The zero-order chi connectivity index (χ0) is 17.3. The molecule has 2 N–H and O–H groups in total. The number of nitrogens with zero attached hydrogens (tertiary/aromatic N) is 2. The van der Waals surface area contributed by atoms with Gasteiger partial charge in [-0.05, 0) is 32.1 Å². The second-order valence-electron chi connectivity index (χ2n) is 5.54. The van der Waals surface area contributed by atoms with E-state index in [1.807, 2.05) is 45.3 Å². The molecule has 0 spiro atoms. The monoisotopic (exact) mass is 458 g/mol. The van der Waals surface area contributed by atoms with Crippen LogP contribution in [-0.2, 0) is 13.1 Å². The van der Waals surface area contributed by atoms with Crippen LogP contribution in [0.5, 0.6) is 0 Å². The van der Waals surface area contributed by atoms with Crippen molar-refractivity contribution in [2.45, 2.75) is 32.6 Å². The van der Waals surface area contributed by atoms with Crippen LogP contribution in [0.2, 0.25) is 0 Å². The van der Waals surface area contributed by atoms with E-state index in [9.17, 15) is 13.2 Å². The van der Waals surface area contributed by atoms with Gasteiger partial charge >= 0.3 is 6.18 Å². The second kappa shape index (κ2) is 11.5. The molecular formula is C16H26F3IN4. The van der Waals surface area contributed by atoms with Crippen molar-refractivity contribution in [2.24, 2.45) is 4.99 Å². The minimum Gasteiger partial charge on any atom is -0.357 e. The van der Waals surface area contributed by atoms with Crippen LogP contribution in [0.4, 0.5) is 13.2 Å². The lowest BCUT2D eigenvalue weighted by Gasteiger charge is -2.13. The molecule has 0 atom stereocenters. The van der Waals surface area contributed by atoms with Gasteiger partial charge in [0, 0.05) is 19.6 Å². The van der Waals surface area contributed by atoms with Gasteiger partial charge in [-0.1, -0.05) is 24.3 Å². The number of nitrogens with one attached hydrogen (secondary N) is 2. The fourth-order valence-corrected chi connectivity index (χ4v) is 1.95. The van der Waals surface area contributed by atoms with Crippen LogP contribution in [0.3, 0.4) is 0 Å². The average Bonchev–Trinajstić information content (AvgIpc) is 2.44. The van der Waals surface area contributed by atoms with E-state index in [1.54, 1.807) is 0 Å². The zero-order valence-corrected chi connectivity index (χ0v) is 16.6. The zero-order valence-electron chi connectivity index (χ0n) is 14.3. The second-order valence-corrected chi connectivity index (χ2v) is 5.54. The third-order valence-corrected chi connectivity index (χ3v) is 2.99. The number of hydrogen-bond acceptors (Lipinski definition) is 2. The Kier molecular flexibility index (Phi) is 11.0. The minimum atomic E-state index is -4.16. The lowest BCUT2D eigenvalue weighted by atomic mass is 10.1. The summed E-state index contributed by atoms with van der Waals surface area (Å²) in [6.07, 6.45) is -5.04. The first kappa shape index (κ1) is 23.0. The van der Waals surface area contributed by atoms with Gasteiger partial charge in [-0.15, -0.1) is 24.0 Å². The molecule has 0 saturated heterocycles. The number of benzene rings is 1. The van der Waals surface area contributed by atoms with Crippen LogP contribution >= 0.6 is 24.0 Å². The van der Waals surface area contributed by atoms with E-state index in [0.29, 0.717) is 19.0 Å². The topological polar surface area (TPSA) is 39.7 Å². The number of hydrogen-bond donors (Lipinski definition) is 2. The molecule has 0 aliphatic rings. The number of halogens is 4. The molecule has 0 heterocycles. The largest absolute Gasteiger partial charge is 0.390 e. The van der Waals surface area contributed by atoms with Gasteiger partial charge < -0.3 is 15.5 Å². The highest BCUT2D eigenvalue weighted by Crippen LogP contribution is 2.18. The molecule has 0 saturated carbocycles. The summed E-state index contributed by atoms with van der Waals surface area (Å²) in [5.74, 6) is 0.397. The van der Waals surface area contributed by atoms with Gasteiger partial charge in [0.25, 0.3) is 0 Å². The fraction of sp³-hybridized carbons (Fsp3) is 0.562. The van der Waals surface area contributed by atoms with Crippen molar-refractivity contribution < 1.29 is 13.2 Å². The van der Waals surface area contributed by atoms with Crippen molar-refractivity contribution in [3.63, 3.8) is 0 Å². The molecule has 138 valence electrons. The number of guanidine groups is 1. The van der Waals surface area contributed by atoms with Crippen molar-refractivity contribution in [1.29, 1.82) is 0 Å². The number of rotatable bonds is 7. The molecule has 0 fully saturated rings. The molecule has 0 aromatic heterocycles. The molecule has 0 amide bonds. The smallest absolute Gasteiger partial charge is 0.357 e. The summed E-state index contributed by atoms with van der Waals surface area (Å²) in [6, 6.07) is 8.05.